The van der Waals surface area contributed by atoms with Gasteiger partial charge in [-0.3, -0.25) is 4.79 Å². The number of carbonyl (C=O) groups excluding carboxylic acids is 2. The second kappa shape index (κ2) is 5.65. The van der Waals surface area contributed by atoms with E-state index in [2.05, 4.69) is 0 Å². The Labute approximate surface area is 162 Å². The minimum Gasteiger partial charge on any atom is -0.508 e. The predicted octanol–water partition coefficient (Wildman–Crippen LogP) is 1.24. The molecule has 2 unspecified atom stereocenters. The highest BCUT2D eigenvalue weighted by Gasteiger charge is 2.84. The fourth-order valence-corrected chi connectivity index (χ4v) is 5.01. The molecule has 7 nitrogen and oxygen atoms in total. The van der Waals surface area contributed by atoms with E-state index in [-0.39, 0.29) is 29.2 Å². The first-order valence-corrected chi connectivity index (χ1v) is 9.47. The van der Waals surface area contributed by atoms with Crippen molar-refractivity contribution in [2.45, 2.75) is 56.5 Å². The predicted molar refractivity (Wildman–Crippen MR) is 98.0 cm³/mol. The highest BCUT2D eigenvalue weighted by atomic mass is 16.6. The maximum Gasteiger partial charge on any atom is 0.343 e. The summed E-state index contributed by atoms with van der Waals surface area (Å²) in [6, 6.07) is 4.54. The summed E-state index contributed by atoms with van der Waals surface area (Å²) in [6.45, 7) is 5.22. The van der Waals surface area contributed by atoms with Crippen LogP contribution in [-0.2, 0) is 14.3 Å². The largest absolute Gasteiger partial charge is 0.508 e. The zero-order valence-electron chi connectivity index (χ0n) is 16.0. The van der Waals surface area contributed by atoms with Crippen LogP contribution >= 0.6 is 0 Å². The van der Waals surface area contributed by atoms with Crippen molar-refractivity contribution < 1.29 is 34.8 Å². The standard InChI is InChI=1S/C21H24O7/c1-10(2)7-8-19(26)20(27)11(3)16(23)13-9-12-5-4-6-14(22)15(12)17(24)21(13,19)28-18(20)25/h4-6,9-11,17,22,24,26-27H,7-8H2,1-3H3/t11-,17?,19?,20+,21-/m0/s1. The summed E-state index contributed by atoms with van der Waals surface area (Å²) < 4.78 is 5.50. The van der Waals surface area contributed by atoms with Gasteiger partial charge in [-0.2, -0.15) is 0 Å². The molecule has 0 radical (unpaired) electrons. The SMILES string of the molecule is CC(C)CCC1(O)[C@]23OC(=O)[C@]1(O)[C@@H](C)C(=O)C2=Cc1cccc(O)c1C3O. The average Bonchev–Trinajstić information content (AvgIpc) is 2.77. The average molecular weight is 388 g/mol. The van der Waals surface area contributed by atoms with E-state index in [0.29, 0.717) is 12.0 Å². The van der Waals surface area contributed by atoms with E-state index in [9.17, 15) is 30.0 Å². The van der Waals surface area contributed by atoms with Crippen LogP contribution in [0.1, 0.15) is 50.8 Å². The zero-order chi connectivity index (χ0) is 20.6. The van der Waals surface area contributed by atoms with Crippen molar-refractivity contribution in [3.8, 4) is 5.75 Å². The van der Waals surface area contributed by atoms with Gasteiger partial charge in [-0.15, -0.1) is 0 Å². The van der Waals surface area contributed by atoms with Gasteiger partial charge < -0.3 is 25.2 Å². The molecule has 3 aliphatic rings. The molecule has 1 aliphatic heterocycles. The van der Waals surface area contributed by atoms with Crippen molar-refractivity contribution >= 4 is 17.8 Å². The van der Waals surface area contributed by atoms with Gasteiger partial charge in [0.25, 0.3) is 0 Å². The van der Waals surface area contributed by atoms with Gasteiger partial charge in [0.2, 0.25) is 11.2 Å². The number of fused-ring (bicyclic) bond motifs is 2. The number of benzene rings is 1. The number of ketones is 1. The highest BCUT2D eigenvalue weighted by Crippen LogP contribution is 2.64. The molecule has 7 heteroatoms. The Morgan fingerprint density at radius 2 is 1.89 bits per heavy atom. The minimum atomic E-state index is -2.49. The fourth-order valence-electron chi connectivity index (χ4n) is 5.01. The lowest BCUT2D eigenvalue weighted by molar-refractivity contribution is -0.221. The Kier molecular flexibility index (Phi) is 3.86. The van der Waals surface area contributed by atoms with E-state index in [0.717, 1.165) is 0 Å². The lowest BCUT2D eigenvalue weighted by Gasteiger charge is -2.53. The molecule has 5 atom stereocenters. The molecule has 4 rings (SSSR count). The van der Waals surface area contributed by atoms with Gasteiger partial charge in [0.15, 0.2) is 11.4 Å². The molecule has 0 amide bonds. The molecule has 1 aromatic carbocycles. The first kappa shape index (κ1) is 19.1. The molecule has 150 valence electrons. The van der Waals surface area contributed by atoms with Crippen molar-refractivity contribution in [1.29, 1.82) is 0 Å². The van der Waals surface area contributed by atoms with Crippen LogP contribution in [0.25, 0.3) is 6.08 Å². The van der Waals surface area contributed by atoms with Crippen molar-refractivity contribution in [2.24, 2.45) is 11.8 Å². The number of Topliss-reactive ketones (excluding diaryl/α,β-unsaturated/α-hetero) is 1. The van der Waals surface area contributed by atoms with Crippen molar-refractivity contribution in [2.75, 3.05) is 0 Å². The van der Waals surface area contributed by atoms with Crippen molar-refractivity contribution in [3.63, 3.8) is 0 Å². The molecular formula is C21H24O7. The Bertz CT molecular complexity index is 919. The van der Waals surface area contributed by atoms with Crippen molar-refractivity contribution in [1.82, 2.24) is 0 Å². The van der Waals surface area contributed by atoms with Gasteiger partial charge in [-0.1, -0.05) is 32.9 Å². The number of hydrogen-bond acceptors (Lipinski definition) is 7. The van der Waals surface area contributed by atoms with Crippen LogP contribution < -0.4 is 0 Å². The summed E-state index contributed by atoms with van der Waals surface area (Å²) in [7, 11) is 0. The van der Waals surface area contributed by atoms with Gasteiger partial charge in [0.1, 0.15) is 11.9 Å². The number of phenols is 1. The second-order valence-corrected chi connectivity index (χ2v) is 8.51. The Morgan fingerprint density at radius 1 is 1.21 bits per heavy atom. The first-order chi connectivity index (χ1) is 13.0. The van der Waals surface area contributed by atoms with Gasteiger partial charge in [0, 0.05) is 11.1 Å². The van der Waals surface area contributed by atoms with E-state index in [1.165, 1.54) is 19.1 Å². The topological polar surface area (TPSA) is 124 Å². The van der Waals surface area contributed by atoms with Crippen LogP contribution in [0.15, 0.2) is 23.8 Å². The number of esters is 1. The Morgan fingerprint density at radius 3 is 2.54 bits per heavy atom. The second-order valence-electron chi connectivity index (χ2n) is 8.51. The van der Waals surface area contributed by atoms with Crippen LogP contribution in [0.4, 0.5) is 0 Å². The number of rotatable bonds is 3. The number of aliphatic hydroxyl groups is 3. The molecule has 1 spiro atoms. The number of carbonyl (C=O) groups is 2. The van der Waals surface area contributed by atoms with Gasteiger partial charge in [-0.05, 0) is 36.5 Å². The van der Waals surface area contributed by atoms with Crippen molar-refractivity contribution in [3.05, 3.63) is 34.9 Å². The zero-order valence-corrected chi connectivity index (χ0v) is 16.0. The van der Waals surface area contributed by atoms with E-state index >= 15 is 0 Å². The monoisotopic (exact) mass is 388 g/mol. The number of hydrogen-bond donors (Lipinski definition) is 4. The van der Waals surface area contributed by atoms with Gasteiger partial charge >= 0.3 is 5.97 Å². The summed E-state index contributed by atoms with van der Waals surface area (Å²) in [5.74, 6) is -3.08. The Hall–Kier alpha value is -2.22. The smallest absolute Gasteiger partial charge is 0.343 e. The van der Waals surface area contributed by atoms with Crippen LogP contribution in [0.3, 0.4) is 0 Å². The summed E-state index contributed by atoms with van der Waals surface area (Å²) >= 11 is 0. The summed E-state index contributed by atoms with van der Waals surface area (Å²) in [5, 5.41) is 44.6. The molecular weight excluding hydrogens is 364 g/mol. The molecule has 4 N–H and O–H groups in total. The quantitative estimate of drug-likeness (QED) is 0.574. The first-order valence-electron chi connectivity index (χ1n) is 9.47. The lowest BCUT2D eigenvalue weighted by Crippen LogP contribution is -2.73. The molecule has 1 saturated carbocycles. The third-order valence-electron chi connectivity index (χ3n) is 6.65. The Balaban J connectivity index is 2.04. The van der Waals surface area contributed by atoms with E-state index in [4.69, 9.17) is 4.74 Å². The van der Waals surface area contributed by atoms with E-state index in [1.54, 1.807) is 12.1 Å². The fraction of sp³-hybridized carbons (Fsp3) is 0.524. The molecule has 28 heavy (non-hydrogen) atoms. The molecule has 1 heterocycles. The third kappa shape index (κ3) is 1.89. The molecule has 0 aromatic heterocycles. The molecule has 2 bridgehead atoms. The van der Waals surface area contributed by atoms with Crippen LogP contribution in [0, 0.1) is 11.8 Å². The normalized spacial score (nSPS) is 38.8. The third-order valence-corrected chi connectivity index (χ3v) is 6.65. The van der Waals surface area contributed by atoms with Crippen LogP contribution in [0.5, 0.6) is 5.75 Å². The van der Waals surface area contributed by atoms with Crippen LogP contribution in [-0.4, -0.2) is 49.0 Å². The number of aromatic hydroxyl groups is 1. The molecule has 1 aromatic rings. The minimum absolute atomic E-state index is 0.0497. The van der Waals surface area contributed by atoms with Gasteiger partial charge in [-0.25, -0.2) is 4.79 Å². The number of aliphatic hydroxyl groups excluding tert-OH is 1. The van der Waals surface area contributed by atoms with E-state index in [1.807, 2.05) is 13.8 Å². The summed E-state index contributed by atoms with van der Waals surface area (Å²) in [4.78, 5) is 25.9. The highest BCUT2D eigenvalue weighted by molar-refractivity contribution is 6.12. The summed E-state index contributed by atoms with van der Waals surface area (Å²) in [6.07, 6.45) is 0.0718. The van der Waals surface area contributed by atoms with Gasteiger partial charge in [0.05, 0.1) is 5.92 Å². The maximum atomic E-state index is 13.1. The molecule has 2 fully saturated rings. The maximum absolute atomic E-state index is 13.1. The van der Waals surface area contributed by atoms with E-state index < -0.39 is 40.6 Å². The molecule has 2 aliphatic carbocycles. The summed E-state index contributed by atoms with van der Waals surface area (Å²) in [5.41, 5.74) is -6.52. The number of ether oxygens (including phenoxy) is 1. The molecule has 1 saturated heterocycles. The lowest BCUT2D eigenvalue weighted by atomic mass is 9.53. The number of phenolic OH excluding ortho intramolecular Hbond substituents is 1. The van der Waals surface area contributed by atoms with Crippen LogP contribution in [0.2, 0.25) is 0 Å².